The number of rotatable bonds is 4. The lowest BCUT2D eigenvalue weighted by Gasteiger charge is -2.42. The molecule has 0 aromatic heterocycles. The van der Waals surface area contributed by atoms with E-state index in [1.807, 2.05) is 5.98 Å². The molecular weight excluding hydrogens is 335 g/mol. The van der Waals surface area contributed by atoms with Gasteiger partial charge in [0.1, 0.15) is 0 Å². The largest absolute Gasteiger partial charge is 0.487 e. The van der Waals surface area contributed by atoms with E-state index >= 15 is 0 Å². The van der Waals surface area contributed by atoms with Crippen molar-refractivity contribution in [3.8, 4) is 0 Å². The minimum Gasteiger partial charge on any atom is -0.400 e. The zero-order valence-corrected chi connectivity index (χ0v) is 18.0. The second-order valence-electron chi connectivity index (χ2n) is 9.28. The fourth-order valence-corrected chi connectivity index (χ4v) is 3.79. The third-order valence-corrected chi connectivity index (χ3v) is 6.54. The summed E-state index contributed by atoms with van der Waals surface area (Å²) in [5.41, 5.74) is 1.96. The van der Waals surface area contributed by atoms with Crippen LogP contribution in [0.5, 0.6) is 0 Å². The van der Waals surface area contributed by atoms with E-state index < -0.39 is 0 Å². The second-order valence-corrected chi connectivity index (χ2v) is 9.28. The molecule has 148 valence electrons. The predicted molar refractivity (Wildman–Crippen MR) is 114 cm³/mol. The first-order valence-electron chi connectivity index (χ1n) is 10.1. The molecule has 0 saturated carbocycles. The molecule has 0 spiro atoms. The van der Waals surface area contributed by atoms with Crippen LogP contribution >= 0.6 is 0 Å². The Bertz CT molecular complexity index is 643. The van der Waals surface area contributed by atoms with Crippen LogP contribution in [-0.2, 0) is 15.9 Å². The van der Waals surface area contributed by atoms with Crippen molar-refractivity contribution in [2.75, 3.05) is 20.1 Å². The Balaban J connectivity index is 1.57. The van der Waals surface area contributed by atoms with Gasteiger partial charge in [0.2, 0.25) is 0 Å². The van der Waals surface area contributed by atoms with Crippen molar-refractivity contribution >= 4 is 13.2 Å². The van der Waals surface area contributed by atoms with Crippen molar-refractivity contribution in [1.29, 1.82) is 0 Å². The quantitative estimate of drug-likeness (QED) is 0.752. The summed E-state index contributed by atoms with van der Waals surface area (Å²) in [6.45, 7) is 16.2. The molecule has 2 atom stereocenters. The summed E-state index contributed by atoms with van der Waals surface area (Å²) >= 11 is 0. The first kappa shape index (κ1) is 20.6. The molecule has 0 aliphatic carbocycles. The van der Waals surface area contributed by atoms with E-state index in [-0.39, 0.29) is 18.3 Å². The van der Waals surface area contributed by atoms with Crippen LogP contribution in [0.25, 0.3) is 6.08 Å². The van der Waals surface area contributed by atoms with Crippen LogP contribution in [0.15, 0.2) is 30.2 Å². The topological polar surface area (TPSA) is 24.9 Å². The van der Waals surface area contributed by atoms with Crippen LogP contribution in [-0.4, -0.2) is 60.3 Å². The molecule has 2 unspecified atom stereocenters. The number of benzene rings is 1. The molecule has 1 aromatic carbocycles. The number of piperazine rings is 1. The van der Waals surface area contributed by atoms with Gasteiger partial charge in [-0.3, -0.25) is 9.80 Å². The van der Waals surface area contributed by atoms with Gasteiger partial charge in [0.25, 0.3) is 0 Å². The highest BCUT2D eigenvalue weighted by atomic mass is 16.7. The molecule has 0 N–H and O–H groups in total. The van der Waals surface area contributed by atoms with Crippen LogP contribution in [0.3, 0.4) is 0 Å². The summed E-state index contributed by atoms with van der Waals surface area (Å²) < 4.78 is 12.0. The summed E-state index contributed by atoms with van der Waals surface area (Å²) in [6, 6.07) is 10.0. The maximum atomic E-state index is 6.02. The molecule has 2 aliphatic heterocycles. The van der Waals surface area contributed by atoms with E-state index in [4.69, 9.17) is 9.31 Å². The summed E-state index contributed by atoms with van der Waals surface area (Å²) in [5, 5.41) is 0. The summed E-state index contributed by atoms with van der Waals surface area (Å²) in [7, 11) is 1.94. The zero-order valence-electron chi connectivity index (χ0n) is 18.0. The van der Waals surface area contributed by atoms with Crippen molar-refractivity contribution in [3.05, 3.63) is 41.4 Å². The summed E-state index contributed by atoms with van der Waals surface area (Å²) in [4.78, 5) is 5.03. The zero-order chi connectivity index (χ0) is 19.8. The van der Waals surface area contributed by atoms with Crippen molar-refractivity contribution in [3.63, 3.8) is 0 Å². The minimum absolute atomic E-state index is 0.289. The van der Waals surface area contributed by atoms with Crippen LogP contribution in [0.4, 0.5) is 0 Å². The Hall–Kier alpha value is -1.14. The average molecular weight is 370 g/mol. The molecule has 5 heteroatoms. The third-order valence-electron chi connectivity index (χ3n) is 6.54. The van der Waals surface area contributed by atoms with E-state index in [1.54, 1.807) is 0 Å². The average Bonchev–Trinajstić information content (AvgIpc) is 2.79. The van der Waals surface area contributed by atoms with E-state index in [1.165, 1.54) is 11.1 Å². The van der Waals surface area contributed by atoms with Crippen LogP contribution in [0, 0.1) is 0 Å². The molecule has 2 fully saturated rings. The third kappa shape index (κ3) is 4.65. The highest BCUT2D eigenvalue weighted by molar-refractivity contribution is 6.52. The van der Waals surface area contributed by atoms with Gasteiger partial charge in [-0.05, 0) is 59.7 Å². The standard InChI is InChI=1S/C22H35BN2O2/c1-17-14-25(15-18(2)24(17)7)16-20-10-8-19(9-11-20)12-13-23-26-21(3,4)22(5,6)27-23/h8-13,17-18H,14-16H2,1-7H3/b13-12+. The Morgan fingerprint density at radius 3 is 2.04 bits per heavy atom. The maximum absolute atomic E-state index is 6.02. The minimum atomic E-state index is -0.289. The van der Waals surface area contributed by atoms with Crippen LogP contribution in [0.1, 0.15) is 52.7 Å². The molecule has 1 aromatic rings. The molecule has 3 rings (SSSR count). The van der Waals surface area contributed by atoms with E-state index in [9.17, 15) is 0 Å². The van der Waals surface area contributed by atoms with Crippen molar-refractivity contribution < 1.29 is 9.31 Å². The van der Waals surface area contributed by atoms with Gasteiger partial charge in [0.05, 0.1) is 11.2 Å². The Morgan fingerprint density at radius 1 is 1.00 bits per heavy atom. The van der Waals surface area contributed by atoms with Gasteiger partial charge in [-0.25, -0.2) is 0 Å². The lowest BCUT2D eigenvalue weighted by atomic mass is 9.89. The molecular formula is C22H35BN2O2. The summed E-state index contributed by atoms with van der Waals surface area (Å²) in [6.07, 6.45) is 2.09. The highest BCUT2D eigenvalue weighted by Crippen LogP contribution is 2.37. The van der Waals surface area contributed by atoms with E-state index in [2.05, 4.69) is 88.7 Å². The monoisotopic (exact) mass is 370 g/mol. The van der Waals surface area contributed by atoms with Gasteiger partial charge in [0, 0.05) is 31.7 Å². The second kappa shape index (κ2) is 7.71. The number of likely N-dealkylation sites (N-methyl/N-ethyl adjacent to an activating group) is 1. The molecule has 2 aliphatic rings. The lowest BCUT2D eigenvalue weighted by Crippen LogP contribution is -2.54. The van der Waals surface area contributed by atoms with Gasteiger partial charge in [-0.2, -0.15) is 0 Å². The lowest BCUT2D eigenvalue weighted by molar-refractivity contribution is 0.00578. The smallest absolute Gasteiger partial charge is 0.400 e. The number of nitrogens with zero attached hydrogens (tertiary/aromatic N) is 2. The highest BCUT2D eigenvalue weighted by Gasteiger charge is 2.49. The first-order valence-corrected chi connectivity index (χ1v) is 10.1. The van der Waals surface area contributed by atoms with Crippen molar-refractivity contribution in [2.45, 2.75) is 71.4 Å². The molecule has 2 heterocycles. The summed E-state index contributed by atoms with van der Waals surface area (Å²) in [5.74, 6) is 2.01. The molecule has 0 radical (unpaired) electrons. The molecule has 4 nitrogen and oxygen atoms in total. The van der Waals surface area contributed by atoms with Crippen molar-refractivity contribution in [2.24, 2.45) is 0 Å². The maximum Gasteiger partial charge on any atom is 0.487 e. The Labute approximate surface area is 165 Å². The molecule has 0 bridgehead atoms. The van der Waals surface area contributed by atoms with Gasteiger partial charge in [-0.1, -0.05) is 36.3 Å². The van der Waals surface area contributed by atoms with Crippen molar-refractivity contribution in [1.82, 2.24) is 9.80 Å². The van der Waals surface area contributed by atoms with Crippen LogP contribution in [0.2, 0.25) is 0 Å². The molecule has 2 saturated heterocycles. The fraction of sp³-hybridized carbons (Fsp3) is 0.636. The molecule has 27 heavy (non-hydrogen) atoms. The van der Waals surface area contributed by atoms with Crippen LogP contribution < -0.4 is 0 Å². The SMILES string of the molecule is CC1CN(Cc2ccc(/C=C/B3OC(C)(C)C(C)(C)O3)cc2)CC(C)N1C. The number of hydrogen-bond acceptors (Lipinski definition) is 4. The predicted octanol–water partition coefficient (Wildman–Crippen LogP) is 3.86. The van der Waals surface area contributed by atoms with E-state index in [0.717, 1.165) is 19.6 Å². The van der Waals surface area contributed by atoms with Gasteiger partial charge < -0.3 is 9.31 Å². The van der Waals surface area contributed by atoms with E-state index in [0.29, 0.717) is 12.1 Å². The number of hydrogen-bond donors (Lipinski definition) is 0. The Kier molecular flexibility index (Phi) is 5.88. The fourth-order valence-electron chi connectivity index (χ4n) is 3.79. The normalized spacial score (nSPS) is 28.9. The van der Waals surface area contributed by atoms with Gasteiger partial charge in [-0.15, -0.1) is 0 Å². The van der Waals surface area contributed by atoms with Gasteiger partial charge in [0.15, 0.2) is 0 Å². The van der Waals surface area contributed by atoms with Gasteiger partial charge >= 0.3 is 7.12 Å². The first-order chi connectivity index (χ1) is 12.6. The Morgan fingerprint density at radius 2 is 1.52 bits per heavy atom. The molecule has 0 amide bonds.